The zero-order chi connectivity index (χ0) is 7.68. The normalized spacial score (nSPS) is 16.0. The summed E-state index contributed by atoms with van der Waals surface area (Å²) in [6.45, 7) is 0. The summed E-state index contributed by atoms with van der Waals surface area (Å²) < 4.78 is 0. The second kappa shape index (κ2) is 2.57. The number of hydrogen-bond acceptors (Lipinski definition) is 1. The summed E-state index contributed by atoms with van der Waals surface area (Å²) in [5.74, 6) is 0.346. The van der Waals surface area contributed by atoms with Crippen molar-refractivity contribution < 1.29 is 5.11 Å². The van der Waals surface area contributed by atoms with E-state index in [1.54, 1.807) is 12.1 Å². The predicted octanol–water partition coefficient (Wildman–Crippen LogP) is 2.16. The zero-order valence-electron chi connectivity index (χ0n) is 6.30. The summed E-state index contributed by atoms with van der Waals surface area (Å²) in [5.41, 5.74) is 2.41. The first-order valence-corrected chi connectivity index (χ1v) is 3.92. The van der Waals surface area contributed by atoms with Gasteiger partial charge < -0.3 is 5.11 Å². The van der Waals surface area contributed by atoms with E-state index in [9.17, 15) is 0 Å². The molecule has 1 aliphatic carbocycles. The molecule has 0 aliphatic heterocycles. The molecule has 1 aromatic carbocycles. The topological polar surface area (TPSA) is 20.2 Å². The molecule has 1 N–H and O–H groups in total. The highest BCUT2D eigenvalue weighted by molar-refractivity contribution is 5.40. The van der Waals surface area contributed by atoms with E-state index in [0.29, 0.717) is 5.75 Å². The smallest absolute Gasteiger partial charge is 0.115 e. The van der Waals surface area contributed by atoms with Gasteiger partial charge in [0.05, 0.1) is 0 Å². The quantitative estimate of drug-likeness (QED) is 0.594. The minimum Gasteiger partial charge on any atom is -0.508 e. The molecule has 0 heterocycles. The van der Waals surface area contributed by atoms with Crippen LogP contribution in [0.3, 0.4) is 0 Å². The summed E-state index contributed by atoms with van der Waals surface area (Å²) in [7, 11) is 0. The highest BCUT2D eigenvalue weighted by Crippen LogP contribution is 2.25. The number of phenols is 1. The maximum absolute atomic E-state index is 9.15. The van der Waals surface area contributed by atoms with Gasteiger partial charge in [-0.3, -0.25) is 0 Å². The Balaban J connectivity index is 2.43. The van der Waals surface area contributed by atoms with Crippen LogP contribution < -0.4 is 0 Å². The SMILES string of the molecule is Oc1ccc2c(c1)[C]CCC2. The van der Waals surface area contributed by atoms with Crippen LogP contribution in [0.1, 0.15) is 24.0 Å². The molecule has 0 spiro atoms. The predicted molar refractivity (Wildman–Crippen MR) is 43.4 cm³/mol. The Hall–Kier alpha value is -0.980. The number of benzene rings is 1. The maximum atomic E-state index is 9.15. The van der Waals surface area contributed by atoms with Gasteiger partial charge in [0.25, 0.3) is 0 Å². The van der Waals surface area contributed by atoms with Crippen molar-refractivity contribution in [2.24, 2.45) is 0 Å². The van der Waals surface area contributed by atoms with Crippen LogP contribution in [0, 0.1) is 6.42 Å². The average molecular weight is 146 g/mol. The van der Waals surface area contributed by atoms with Gasteiger partial charge in [-0.2, -0.15) is 0 Å². The molecule has 0 unspecified atom stereocenters. The third-order valence-corrected chi connectivity index (χ3v) is 2.03. The lowest BCUT2D eigenvalue weighted by Crippen LogP contribution is -1.99. The van der Waals surface area contributed by atoms with E-state index < -0.39 is 0 Å². The van der Waals surface area contributed by atoms with Crippen LogP contribution >= 0.6 is 0 Å². The van der Waals surface area contributed by atoms with Gasteiger partial charge in [-0.05, 0) is 42.5 Å². The Morgan fingerprint density at radius 2 is 2.27 bits per heavy atom. The summed E-state index contributed by atoms with van der Waals surface area (Å²) in [6, 6.07) is 5.51. The van der Waals surface area contributed by atoms with Crippen molar-refractivity contribution in [1.82, 2.24) is 0 Å². The van der Waals surface area contributed by atoms with Crippen LogP contribution in [0.25, 0.3) is 0 Å². The van der Waals surface area contributed by atoms with Crippen molar-refractivity contribution in [3.8, 4) is 5.75 Å². The molecule has 11 heavy (non-hydrogen) atoms. The van der Waals surface area contributed by atoms with Crippen LogP contribution in [-0.4, -0.2) is 5.11 Å². The van der Waals surface area contributed by atoms with Gasteiger partial charge in [-0.1, -0.05) is 6.07 Å². The number of rotatable bonds is 0. The van der Waals surface area contributed by atoms with Gasteiger partial charge in [-0.15, -0.1) is 0 Å². The average Bonchev–Trinajstić information content (AvgIpc) is 2.04. The van der Waals surface area contributed by atoms with E-state index in [1.165, 1.54) is 12.0 Å². The molecule has 1 nitrogen and oxygen atoms in total. The molecule has 0 atom stereocenters. The summed E-state index contributed by atoms with van der Waals surface area (Å²) in [5, 5.41) is 9.15. The first-order chi connectivity index (χ1) is 5.36. The molecule has 0 aromatic heterocycles. The molecule has 0 fully saturated rings. The molecule has 1 heteroatoms. The summed E-state index contributed by atoms with van der Waals surface area (Å²) >= 11 is 0. The number of fused-ring (bicyclic) bond motifs is 1. The van der Waals surface area contributed by atoms with Crippen molar-refractivity contribution in [2.45, 2.75) is 19.3 Å². The molecule has 1 aromatic rings. The number of aryl methyl sites for hydroxylation is 1. The van der Waals surface area contributed by atoms with Gasteiger partial charge >= 0.3 is 0 Å². The van der Waals surface area contributed by atoms with Crippen molar-refractivity contribution >= 4 is 0 Å². The lowest BCUT2D eigenvalue weighted by atomic mass is 9.92. The molecule has 0 saturated heterocycles. The Labute approximate surface area is 66.7 Å². The first kappa shape index (κ1) is 6.71. The molecule has 0 saturated carbocycles. The van der Waals surface area contributed by atoms with Gasteiger partial charge in [0.15, 0.2) is 0 Å². The lowest BCUT2D eigenvalue weighted by molar-refractivity contribution is 0.474. The minimum atomic E-state index is 0.346. The number of phenolic OH excluding ortho intramolecular Hbond substituents is 1. The highest BCUT2D eigenvalue weighted by atomic mass is 16.3. The van der Waals surface area contributed by atoms with E-state index >= 15 is 0 Å². The molecular formula is C10H10O. The Morgan fingerprint density at radius 3 is 3.18 bits per heavy atom. The van der Waals surface area contributed by atoms with E-state index in [-0.39, 0.29) is 0 Å². The maximum Gasteiger partial charge on any atom is 0.115 e. The van der Waals surface area contributed by atoms with Gasteiger partial charge in [0.2, 0.25) is 0 Å². The third kappa shape index (κ3) is 1.23. The van der Waals surface area contributed by atoms with Crippen LogP contribution in [0.4, 0.5) is 0 Å². The molecule has 1 aliphatic rings. The van der Waals surface area contributed by atoms with Crippen LogP contribution in [0.2, 0.25) is 0 Å². The van der Waals surface area contributed by atoms with Gasteiger partial charge in [-0.25, -0.2) is 0 Å². The molecule has 56 valence electrons. The largest absolute Gasteiger partial charge is 0.508 e. The summed E-state index contributed by atoms with van der Waals surface area (Å²) in [6.07, 6.45) is 6.59. The number of hydrogen-bond donors (Lipinski definition) is 1. The highest BCUT2D eigenvalue weighted by Gasteiger charge is 2.09. The molecule has 0 bridgehead atoms. The van der Waals surface area contributed by atoms with E-state index in [2.05, 4.69) is 6.42 Å². The Kier molecular flexibility index (Phi) is 1.57. The van der Waals surface area contributed by atoms with Crippen molar-refractivity contribution in [3.05, 3.63) is 35.7 Å². The van der Waals surface area contributed by atoms with E-state index in [1.807, 2.05) is 6.07 Å². The summed E-state index contributed by atoms with van der Waals surface area (Å²) in [4.78, 5) is 0. The van der Waals surface area contributed by atoms with Crippen LogP contribution in [0.15, 0.2) is 18.2 Å². The van der Waals surface area contributed by atoms with Gasteiger partial charge in [0, 0.05) is 6.42 Å². The fourth-order valence-electron chi connectivity index (χ4n) is 1.45. The monoisotopic (exact) mass is 146 g/mol. The molecule has 2 radical (unpaired) electrons. The number of aromatic hydroxyl groups is 1. The molecule has 0 amide bonds. The molecule has 2 rings (SSSR count). The van der Waals surface area contributed by atoms with Crippen LogP contribution in [-0.2, 0) is 6.42 Å². The Bertz CT molecular complexity index is 266. The molecular weight excluding hydrogens is 136 g/mol. The fourth-order valence-corrected chi connectivity index (χ4v) is 1.45. The second-order valence-electron chi connectivity index (χ2n) is 2.87. The minimum absolute atomic E-state index is 0.346. The second-order valence-corrected chi connectivity index (χ2v) is 2.87. The van der Waals surface area contributed by atoms with Crippen molar-refractivity contribution in [2.75, 3.05) is 0 Å². The van der Waals surface area contributed by atoms with Gasteiger partial charge in [0.1, 0.15) is 5.75 Å². The lowest BCUT2D eigenvalue weighted by Gasteiger charge is -2.13. The zero-order valence-corrected chi connectivity index (χ0v) is 6.30. The van der Waals surface area contributed by atoms with Crippen LogP contribution in [0.5, 0.6) is 5.75 Å². The first-order valence-electron chi connectivity index (χ1n) is 3.92. The Morgan fingerprint density at radius 1 is 1.36 bits per heavy atom. The standard InChI is InChI=1S/C10H10O/c11-10-6-5-8-3-1-2-4-9(8)7-10/h5-7,11H,1-3H2. The fraction of sp³-hybridized carbons (Fsp3) is 0.300. The van der Waals surface area contributed by atoms with Crippen molar-refractivity contribution in [1.29, 1.82) is 0 Å². The van der Waals surface area contributed by atoms with E-state index in [4.69, 9.17) is 5.11 Å². The van der Waals surface area contributed by atoms with E-state index in [0.717, 1.165) is 18.4 Å². The van der Waals surface area contributed by atoms with Crippen molar-refractivity contribution in [3.63, 3.8) is 0 Å². The third-order valence-electron chi connectivity index (χ3n) is 2.03.